The van der Waals surface area contributed by atoms with Gasteiger partial charge in [0, 0.05) is 23.3 Å². The fourth-order valence-corrected chi connectivity index (χ4v) is 4.20. The van der Waals surface area contributed by atoms with Crippen LogP contribution in [0.5, 0.6) is 11.5 Å². The average molecular weight is 538 g/mol. The molecule has 0 saturated heterocycles. The second-order valence-electron chi connectivity index (χ2n) is 8.79. The smallest absolute Gasteiger partial charge is 0.416 e. The van der Waals surface area contributed by atoms with Crippen molar-refractivity contribution in [2.24, 2.45) is 0 Å². The highest BCUT2D eigenvalue weighted by Crippen LogP contribution is 2.34. The van der Waals surface area contributed by atoms with Gasteiger partial charge in [0.05, 0.1) is 33.2 Å². The molecule has 0 spiro atoms. The third kappa shape index (κ3) is 4.90. The van der Waals surface area contributed by atoms with Gasteiger partial charge in [-0.15, -0.1) is 0 Å². The zero-order chi connectivity index (χ0) is 27.4. The number of halogens is 6. The first-order chi connectivity index (χ1) is 18.5. The largest absolute Gasteiger partial charge is 0.457 e. The normalized spacial score (nSPS) is 12.4. The zero-order valence-electron chi connectivity index (χ0n) is 19.7. The molecule has 0 aliphatic carbocycles. The van der Waals surface area contributed by atoms with E-state index in [1.807, 2.05) is 0 Å². The lowest BCUT2D eigenvalue weighted by atomic mass is 10.1. The van der Waals surface area contributed by atoms with Gasteiger partial charge in [-0.2, -0.15) is 26.3 Å². The molecule has 2 N–H and O–H groups in total. The maximum Gasteiger partial charge on any atom is 0.416 e. The molecule has 0 radical (unpaired) electrons. The third-order valence-electron chi connectivity index (χ3n) is 6.07. The minimum absolute atomic E-state index is 0.286. The van der Waals surface area contributed by atoms with Gasteiger partial charge in [0.15, 0.2) is 0 Å². The van der Waals surface area contributed by atoms with Gasteiger partial charge in [-0.1, -0.05) is 24.3 Å². The van der Waals surface area contributed by atoms with Gasteiger partial charge in [0.2, 0.25) is 0 Å². The molecule has 0 fully saturated rings. The number of rotatable bonds is 4. The molecule has 0 bridgehead atoms. The molecular formula is C28H16F6N4O. The Kier molecular flexibility index (Phi) is 5.60. The molecule has 6 aromatic rings. The van der Waals surface area contributed by atoms with Gasteiger partial charge < -0.3 is 14.7 Å². The van der Waals surface area contributed by atoms with E-state index in [-0.39, 0.29) is 11.6 Å². The molecule has 6 rings (SSSR count). The van der Waals surface area contributed by atoms with Gasteiger partial charge in [0.25, 0.3) is 0 Å². The van der Waals surface area contributed by atoms with E-state index in [1.54, 1.807) is 36.4 Å². The van der Waals surface area contributed by atoms with Crippen LogP contribution in [0, 0.1) is 0 Å². The Morgan fingerprint density at radius 2 is 0.974 bits per heavy atom. The Hall–Kier alpha value is -4.80. The van der Waals surface area contributed by atoms with Crippen molar-refractivity contribution >= 4 is 22.1 Å². The van der Waals surface area contributed by atoms with E-state index in [0.29, 0.717) is 44.7 Å². The van der Waals surface area contributed by atoms with E-state index in [0.717, 1.165) is 24.3 Å². The van der Waals surface area contributed by atoms with Gasteiger partial charge in [-0.3, -0.25) is 0 Å². The van der Waals surface area contributed by atoms with Crippen LogP contribution in [0.2, 0.25) is 0 Å². The monoisotopic (exact) mass is 538 g/mol. The second kappa shape index (κ2) is 8.90. The number of ether oxygens (including phenoxy) is 1. The van der Waals surface area contributed by atoms with Crippen LogP contribution in [-0.2, 0) is 12.4 Å². The number of benzene rings is 4. The SMILES string of the molecule is FC(F)(F)c1cccc(-c2nc3ccc(Oc4ccc5nc(-c6cccc(C(F)(F)F)c6)[nH]c5c4)cc3[nH]2)c1. The lowest BCUT2D eigenvalue weighted by Gasteiger charge is -2.07. The van der Waals surface area contributed by atoms with E-state index in [1.165, 1.54) is 24.3 Å². The second-order valence-corrected chi connectivity index (χ2v) is 8.79. The van der Waals surface area contributed by atoms with Crippen LogP contribution in [0.3, 0.4) is 0 Å². The van der Waals surface area contributed by atoms with E-state index >= 15 is 0 Å². The van der Waals surface area contributed by atoms with Crippen LogP contribution in [-0.4, -0.2) is 19.9 Å². The first-order valence-electron chi connectivity index (χ1n) is 11.6. The molecule has 0 unspecified atom stereocenters. The van der Waals surface area contributed by atoms with Crippen molar-refractivity contribution in [1.82, 2.24) is 19.9 Å². The summed E-state index contributed by atoms with van der Waals surface area (Å²) in [6.07, 6.45) is -8.93. The summed E-state index contributed by atoms with van der Waals surface area (Å²) in [5.41, 5.74) is 1.28. The summed E-state index contributed by atoms with van der Waals surface area (Å²) in [5.74, 6) is 1.46. The van der Waals surface area contributed by atoms with Crippen molar-refractivity contribution in [3.8, 4) is 34.3 Å². The molecule has 0 aliphatic rings. The van der Waals surface area contributed by atoms with Crippen LogP contribution < -0.4 is 4.74 Å². The summed E-state index contributed by atoms with van der Waals surface area (Å²) < 4.78 is 84.5. The molecule has 5 nitrogen and oxygen atoms in total. The molecule has 11 heteroatoms. The molecule has 2 aromatic heterocycles. The maximum atomic E-state index is 13.1. The van der Waals surface area contributed by atoms with Crippen LogP contribution in [0.15, 0.2) is 84.9 Å². The van der Waals surface area contributed by atoms with Gasteiger partial charge in [-0.25, -0.2) is 9.97 Å². The predicted octanol–water partition coefficient (Wildman–Crippen LogP) is 8.60. The number of H-pyrrole nitrogens is 2. The highest BCUT2D eigenvalue weighted by molar-refractivity contribution is 5.82. The average Bonchev–Trinajstić information content (AvgIpc) is 3.52. The highest BCUT2D eigenvalue weighted by atomic mass is 19.4. The molecule has 0 amide bonds. The van der Waals surface area contributed by atoms with Crippen LogP contribution in [0.4, 0.5) is 26.3 Å². The lowest BCUT2D eigenvalue weighted by Crippen LogP contribution is -2.04. The summed E-state index contributed by atoms with van der Waals surface area (Å²) >= 11 is 0. The van der Waals surface area contributed by atoms with Crippen molar-refractivity contribution < 1.29 is 31.1 Å². The summed E-state index contributed by atoms with van der Waals surface area (Å²) in [6.45, 7) is 0. The van der Waals surface area contributed by atoms with E-state index in [4.69, 9.17) is 4.74 Å². The molecule has 0 saturated carbocycles. The summed E-state index contributed by atoms with van der Waals surface area (Å²) in [7, 11) is 0. The number of hydrogen-bond donors (Lipinski definition) is 2. The number of nitrogens with zero attached hydrogens (tertiary/aromatic N) is 2. The Bertz CT molecular complexity index is 1700. The molecule has 0 aliphatic heterocycles. The fraction of sp³-hybridized carbons (Fsp3) is 0.0714. The molecule has 196 valence electrons. The maximum absolute atomic E-state index is 13.1. The summed E-state index contributed by atoms with van der Waals surface area (Å²) in [6, 6.07) is 19.8. The minimum atomic E-state index is -4.47. The standard InChI is InChI=1S/C28H16F6N4O/c29-27(30,31)17-5-1-3-15(11-17)25-35-21-9-7-19(13-23(21)37-25)39-20-8-10-22-24(14-20)38-26(36-22)16-4-2-6-18(12-16)28(32,33)34/h1-14H,(H,35,37)(H,36,38). The molecule has 4 aromatic carbocycles. The topological polar surface area (TPSA) is 66.6 Å². The first kappa shape index (κ1) is 24.5. The Balaban J connectivity index is 1.26. The van der Waals surface area contributed by atoms with E-state index < -0.39 is 23.5 Å². The number of aromatic nitrogens is 4. The number of imidazole rings is 2. The highest BCUT2D eigenvalue weighted by Gasteiger charge is 2.31. The number of aromatic amines is 2. The molecule has 0 atom stereocenters. The van der Waals surface area contributed by atoms with Gasteiger partial charge in [-0.05, 0) is 48.5 Å². The van der Waals surface area contributed by atoms with Crippen LogP contribution >= 0.6 is 0 Å². The number of alkyl halides is 6. The zero-order valence-corrected chi connectivity index (χ0v) is 19.7. The Labute approximate surface area is 216 Å². The van der Waals surface area contributed by atoms with Crippen LogP contribution in [0.25, 0.3) is 44.8 Å². The number of fused-ring (bicyclic) bond motifs is 2. The van der Waals surface area contributed by atoms with Gasteiger partial charge >= 0.3 is 12.4 Å². The van der Waals surface area contributed by atoms with Crippen molar-refractivity contribution in [1.29, 1.82) is 0 Å². The van der Waals surface area contributed by atoms with Crippen molar-refractivity contribution in [3.63, 3.8) is 0 Å². The van der Waals surface area contributed by atoms with Crippen molar-refractivity contribution in [2.75, 3.05) is 0 Å². The van der Waals surface area contributed by atoms with Crippen molar-refractivity contribution in [2.45, 2.75) is 12.4 Å². The predicted molar refractivity (Wildman–Crippen MR) is 133 cm³/mol. The first-order valence-corrected chi connectivity index (χ1v) is 11.6. The summed E-state index contributed by atoms with van der Waals surface area (Å²) in [5, 5.41) is 0. The van der Waals surface area contributed by atoms with Crippen molar-refractivity contribution in [3.05, 3.63) is 96.1 Å². The molecule has 39 heavy (non-hydrogen) atoms. The van der Waals surface area contributed by atoms with E-state index in [9.17, 15) is 26.3 Å². The molecule has 2 heterocycles. The quantitative estimate of drug-likeness (QED) is 0.221. The minimum Gasteiger partial charge on any atom is -0.457 e. The van der Waals surface area contributed by atoms with Gasteiger partial charge in [0.1, 0.15) is 23.1 Å². The third-order valence-corrected chi connectivity index (χ3v) is 6.07. The molecular weight excluding hydrogens is 522 g/mol. The number of nitrogens with one attached hydrogen (secondary N) is 2. The lowest BCUT2D eigenvalue weighted by molar-refractivity contribution is -0.138. The van der Waals surface area contributed by atoms with E-state index in [2.05, 4.69) is 19.9 Å². The summed E-state index contributed by atoms with van der Waals surface area (Å²) in [4.78, 5) is 14.8. The fourth-order valence-electron chi connectivity index (χ4n) is 4.20. The van der Waals surface area contributed by atoms with Crippen LogP contribution in [0.1, 0.15) is 11.1 Å². The number of hydrogen-bond acceptors (Lipinski definition) is 3. The Morgan fingerprint density at radius 3 is 1.38 bits per heavy atom. The Morgan fingerprint density at radius 1 is 0.538 bits per heavy atom.